The fraction of sp³-hybridized carbons (Fsp3) is 0.462. The minimum absolute atomic E-state index is 0.0117. The summed E-state index contributed by atoms with van der Waals surface area (Å²) >= 11 is 2.24. The number of benzene rings is 1. The number of hydrogen-bond donors (Lipinski definition) is 0. The quantitative estimate of drug-likeness (QED) is 0.620. The van der Waals surface area contributed by atoms with E-state index in [1.165, 1.54) is 0 Å². The van der Waals surface area contributed by atoms with Gasteiger partial charge in [-0.3, -0.25) is 0 Å². The molecule has 0 bridgehead atoms. The predicted molar refractivity (Wildman–Crippen MR) is 74.7 cm³/mol. The fourth-order valence-corrected chi connectivity index (χ4v) is 1.77. The zero-order chi connectivity index (χ0) is 12.9. The van der Waals surface area contributed by atoms with Crippen LogP contribution in [0.1, 0.15) is 26.3 Å². The molecule has 0 amide bonds. The SMILES string of the molecule is CC(C)(C)OC(=O)COCc1ccccc1I. The van der Waals surface area contributed by atoms with E-state index in [1.54, 1.807) is 0 Å². The first-order valence-corrected chi connectivity index (χ1v) is 6.49. The van der Waals surface area contributed by atoms with E-state index in [2.05, 4.69) is 22.6 Å². The van der Waals surface area contributed by atoms with Crippen molar-refractivity contribution in [2.75, 3.05) is 6.61 Å². The first-order chi connectivity index (χ1) is 7.88. The van der Waals surface area contributed by atoms with Crippen molar-refractivity contribution in [1.29, 1.82) is 0 Å². The van der Waals surface area contributed by atoms with Crippen molar-refractivity contribution in [3.8, 4) is 0 Å². The van der Waals surface area contributed by atoms with E-state index < -0.39 is 5.60 Å². The Balaban J connectivity index is 2.34. The molecule has 0 heterocycles. The van der Waals surface area contributed by atoms with Crippen LogP contribution in [-0.4, -0.2) is 18.2 Å². The molecule has 0 spiro atoms. The van der Waals surface area contributed by atoms with Crippen molar-refractivity contribution in [3.63, 3.8) is 0 Å². The third-order valence-corrected chi connectivity index (χ3v) is 2.91. The molecular formula is C13H17IO3. The van der Waals surface area contributed by atoms with Crippen molar-refractivity contribution in [3.05, 3.63) is 33.4 Å². The highest BCUT2D eigenvalue weighted by atomic mass is 127. The summed E-state index contributed by atoms with van der Waals surface area (Å²) < 4.78 is 11.6. The Labute approximate surface area is 116 Å². The molecule has 1 aromatic rings. The Morgan fingerprint density at radius 1 is 1.29 bits per heavy atom. The minimum atomic E-state index is -0.457. The molecule has 0 atom stereocenters. The maximum Gasteiger partial charge on any atom is 0.332 e. The second kappa shape index (κ2) is 6.35. The molecule has 0 aliphatic carbocycles. The zero-order valence-corrected chi connectivity index (χ0v) is 12.5. The Hall–Kier alpha value is -0.620. The number of carbonyl (C=O) groups is 1. The Bertz CT molecular complexity index is 382. The van der Waals surface area contributed by atoms with Crippen LogP contribution < -0.4 is 0 Å². The van der Waals surface area contributed by atoms with Gasteiger partial charge in [-0.05, 0) is 55.0 Å². The van der Waals surface area contributed by atoms with Gasteiger partial charge in [0.1, 0.15) is 12.2 Å². The Morgan fingerprint density at radius 2 is 1.94 bits per heavy atom. The molecule has 0 aliphatic rings. The van der Waals surface area contributed by atoms with Crippen molar-refractivity contribution < 1.29 is 14.3 Å². The van der Waals surface area contributed by atoms with Gasteiger partial charge in [-0.15, -0.1) is 0 Å². The van der Waals surface area contributed by atoms with Crippen LogP contribution in [0.3, 0.4) is 0 Å². The van der Waals surface area contributed by atoms with Gasteiger partial charge in [0.05, 0.1) is 6.61 Å². The summed E-state index contributed by atoms with van der Waals surface area (Å²) in [5.74, 6) is -0.330. The molecule has 0 N–H and O–H groups in total. The lowest BCUT2D eigenvalue weighted by molar-refractivity contribution is -0.160. The molecule has 0 unspecified atom stereocenters. The van der Waals surface area contributed by atoms with E-state index in [-0.39, 0.29) is 12.6 Å². The van der Waals surface area contributed by atoms with Gasteiger partial charge in [-0.25, -0.2) is 4.79 Å². The molecule has 1 rings (SSSR count). The number of ether oxygens (including phenoxy) is 2. The molecule has 1 aromatic carbocycles. The van der Waals surface area contributed by atoms with E-state index in [0.717, 1.165) is 9.13 Å². The summed E-state index contributed by atoms with van der Waals surface area (Å²) in [5, 5.41) is 0. The summed E-state index contributed by atoms with van der Waals surface area (Å²) in [6.45, 7) is 5.93. The maximum atomic E-state index is 11.4. The number of rotatable bonds is 4. The van der Waals surface area contributed by atoms with Gasteiger partial charge in [-0.2, -0.15) is 0 Å². The largest absolute Gasteiger partial charge is 0.458 e. The van der Waals surface area contributed by atoms with Gasteiger partial charge in [0.2, 0.25) is 0 Å². The molecule has 3 nitrogen and oxygen atoms in total. The lowest BCUT2D eigenvalue weighted by atomic mass is 10.2. The molecular weight excluding hydrogens is 331 g/mol. The lowest BCUT2D eigenvalue weighted by Gasteiger charge is -2.19. The Kier molecular flexibility index (Phi) is 5.39. The van der Waals surface area contributed by atoms with Gasteiger partial charge in [0.25, 0.3) is 0 Å². The van der Waals surface area contributed by atoms with Crippen LogP contribution in [-0.2, 0) is 20.9 Å². The van der Waals surface area contributed by atoms with Crippen LogP contribution in [0.2, 0.25) is 0 Å². The highest BCUT2D eigenvalue weighted by molar-refractivity contribution is 14.1. The molecule has 94 valence electrons. The molecule has 0 aromatic heterocycles. The normalized spacial score (nSPS) is 11.3. The van der Waals surface area contributed by atoms with E-state index in [0.29, 0.717) is 6.61 Å². The van der Waals surface area contributed by atoms with E-state index in [4.69, 9.17) is 9.47 Å². The van der Waals surface area contributed by atoms with Crippen LogP contribution in [0.4, 0.5) is 0 Å². The first-order valence-electron chi connectivity index (χ1n) is 5.41. The molecule has 17 heavy (non-hydrogen) atoms. The van der Waals surface area contributed by atoms with E-state index in [9.17, 15) is 4.79 Å². The standard InChI is InChI=1S/C13H17IO3/c1-13(2,3)17-12(15)9-16-8-10-6-4-5-7-11(10)14/h4-7H,8-9H2,1-3H3. The van der Waals surface area contributed by atoms with Crippen LogP contribution in [0.15, 0.2) is 24.3 Å². The van der Waals surface area contributed by atoms with Crippen LogP contribution in [0, 0.1) is 3.57 Å². The van der Waals surface area contributed by atoms with Gasteiger partial charge in [0.15, 0.2) is 0 Å². The first kappa shape index (κ1) is 14.4. The smallest absolute Gasteiger partial charge is 0.332 e. The van der Waals surface area contributed by atoms with Crippen LogP contribution in [0.25, 0.3) is 0 Å². The summed E-state index contributed by atoms with van der Waals surface area (Å²) in [4.78, 5) is 11.4. The number of hydrogen-bond acceptors (Lipinski definition) is 3. The monoisotopic (exact) mass is 348 g/mol. The minimum Gasteiger partial charge on any atom is -0.458 e. The predicted octanol–water partition coefficient (Wildman–Crippen LogP) is 3.15. The summed E-state index contributed by atoms with van der Waals surface area (Å²) in [6.07, 6.45) is 0. The van der Waals surface area contributed by atoms with Crippen molar-refractivity contribution in [1.82, 2.24) is 0 Å². The highest BCUT2D eigenvalue weighted by Crippen LogP contribution is 2.12. The van der Waals surface area contributed by atoms with Gasteiger partial charge < -0.3 is 9.47 Å². The zero-order valence-electron chi connectivity index (χ0n) is 10.3. The van der Waals surface area contributed by atoms with Crippen molar-refractivity contribution in [2.45, 2.75) is 33.0 Å². The third-order valence-electron chi connectivity index (χ3n) is 1.86. The molecule has 0 aliphatic heterocycles. The van der Waals surface area contributed by atoms with Crippen molar-refractivity contribution >= 4 is 28.6 Å². The molecule has 0 radical (unpaired) electrons. The number of esters is 1. The second-order valence-corrected chi connectivity index (χ2v) is 5.83. The molecule has 0 saturated carbocycles. The average Bonchev–Trinajstić information content (AvgIpc) is 2.18. The third kappa shape index (κ3) is 6.02. The maximum absolute atomic E-state index is 11.4. The molecule has 0 saturated heterocycles. The summed E-state index contributed by atoms with van der Waals surface area (Å²) in [6, 6.07) is 7.91. The molecule has 4 heteroatoms. The number of carbonyl (C=O) groups excluding carboxylic acids is 1. The fourth-order valence-electron chi connectivity index (χ4n) is 1.23. The highest BCUT2D eigenvalue weighted by Gasteiger charge is 2.16. The topological polar surface area (TPSA) is 35.5 Å². The summed E-state index contributed by atoms with van der Waals surface area (Å²) in [7, 11) is 0. The van der Waals surface area contributed by atoms with Crippen LogP contribution >= 0.6 is 22.6 Å². The van der Waals surface area contributed by atoms with E-state index in [1.807, 2.05) is 45.0 Å². The van der Waals surface area contributed by atoms with Gasteiger partial charge in [0, 0.05) is 3.57 Å². The lowest BCUT2D eigenvalue weighted by Crippen LogP contribution is -2.26. The van der Waals surface area contributed by atoms with E-state index >= 15 is 0 Å². The van der Waals surface area contributed by atoms with Crippen LogP contribution in [0.5, 0.6) is 0 Å². The van der Waals surface area contributed by atoms with Gasteiger partial charge >= 0.3 is 5.97 Å². The average molecular weight is 348 g/mol. The van der Waals surface area contributed by atoms with Crippen molar-refractivity contribution in [2.24, 2.45) is 0 Å². The number of halogens is 1. The molecule has 0 fully saturated rings. The Morgan fingerprint density at radius 3 is 2.53 bits per heavy atom. The summed E-state index contributed by atoms with van der Waals surface area (Å²) in [5.41, 5.74) is 0.624. The van der Waals surface area contributed by atoms with Gasteiger partial charge in [-0.1, -0.05) is 18.2 Å². The second-order valence-electron chi connectivity index (χ2n) is 4.67.